The molecule has 1 aromatic rings. The van der Waals surface area contributed by atoms with Crippen molar-refractivity contribution >= 4 is 17.3 Å². The molecule has 8 nitrogen and oxygen atoms in total. The molecule has 0 aromatic heterocycles. The maximum absolute atomic E-state index is 13.6. The fraction of sp³-hybridized carbons (Fsp3) is 0.364. The van der Waals surface area contributed by atoms with E-state index in [9.17, 15) is 24.4 Å². The van der Waals surface area contributed by atoms with Gasteiger partial charge in [-0.3, -0.25) is 10.1 Å². The number of hydrogen-bond acceptors (Lipinski definition) is 6. The van der Waals surface area contributed by atoms with Crippen LogP contribution in [0.25, 0.3) is 0 Å². The molecule has 0 saturated carbocycles. The van der Waals surface area contributed by atoms with Crippen LogP contribution in [-0.4, -0.2) is 47.5 Å². The lowest BCUT2D eigenvalue weighted by Crippen LogP contribution is -2.24. The summed E-state index contributed by atoms with van der Waals surface area (Å²) in [6.07, 6.45) is -0.928. The fourth-order valence-electron chi connectivity index (χ4n) is 1.50. The van der Waals surface area contributed by atoms with Crippen LogP contribution in [0.3, 0.4) is 0 Å². The SMILES string of the molecule is COCC(O)CNc1cc(C(=O)O)c([N+](=O)[O-])cc1F. The van der Waals surface area contributed by atoms with Gasteiger partial charge in [0.1, 0.15) is 5.56 Å². The number of nitrogens with zero attached hydrogens (tertiary/aromatic N) is 1. The second-order valence-corrected chi connectivity index (χ2v) is 3.90. The van der Waals surface area contributed by atoms with Crippen LogP contribution < -0.4 is 5.32 Å². The highest BCUT2D eigenvalue weighted by molar-refractivity contribution is 5.93. The number of rotatable bonds is 7. The minimum Gasteiger partial charge on any atom is -0.477 e. The molecule has 0 aliphatic rings. The maximum Gasteiger partial charge on any atom is 0.342 e. The van der Waals surface area contributed by atoms with E-state index >= 15 is 0 Å². The normalized spacial score (nSPS) is 11.9. The van der Waals surface area contributed by atoms with Crippen molar-refractivity contribution in [2.45, 2.75) is 6.10 Å². The van der Waals surface area contributed by atoms with Crippen LogP contribution in [0.1, 0.15) is 10.4 Å². The van der Waals surface area contributed by atoms with Gasteiger partial charge in [-0.25, -0.2) is 9.18 Å². The van der Waals surface area contributed by atoms with Gasteiger partial charge in [0.2, 0.25) is 0 Å². The highest BCUT2D eigenvalue weighted by Gasteiger charge is 2.23. The Morgan fingerprint density at radius 1 is 1.60 bits per heavy atom. The zero-order valence-electron chi connectivity index (χ0n) is 10.5. The van der Waals surface area contributed by atoms with E-state index in [-0.39, 0.29) is 18.8 Å². The number of aromatic carboxylic acids is 1. The minimum atomic E-state index is -1.54. The molecule has 0 aliphatic carbocycles. The molecule has 3 N–H and O–H groups in total. The largest absolute Gasteiger partial charge is 0.477 e. The molecule has 1 rings (SSSR count). The Hall–Kier alpha value is -2.26. The van der Waals surface area contributed by atoms with E-state index in [0.717, 1.165) is 6.07 Å². The number of ether oxygens (including phenoxy) is 1. The van der Waals surface area contributed by atoms with Crippen LogP contribution >= 0.6 is 0 Å². The van der Waals surface area contributed by atoms with Gasteiger partial charge in [-0.1, -0.05) is 0 Å². The van der Waals surface area contributed by atoms with Crippen molar-refractivity contribution in [3.63, 3.8) is 0 Å². The van der Waals surface area contributed by atoms with Gasteiger partial charge in [0.15, 0.2) is 5.82 Å². The smallest absolute Gasteiger partial charge is 0.342 e. The number of hydrogen-bond donors (Lipinski definition) is 3. The first-order chi connectivity index (χ1) is 9.36. The molecular weight excluding hydrogens is 275 g/mol. The first-order valence-electron chi connectivity index (χ1n) is 5.49. The van der Waals surface area contributed by atoms with E-state index < -0.39 is 34.1 Å². The van der Waals surface area contributed by atoms with E-state index in [4.69, 9.17) is 5.11 Å². The van der Waals surface area contributed by atoms with E-state index in [1.807, 2.05) is 0 Å². The van der Waals surface area contributed by atoms with Crippen LogP contribution in [0.5, 0.6) is 0 Å². The summed E-state index contributed by atoms with van der Waals surface area (Å²) in [5.74, 6) is -2.52. The lowest BCUT2D eigenvalue weighted by molar-refractivity contribution is -0.385. The number of anilines is 1. The Morgan fingerprint density at radius 3 is 2.75 bits per heavy atom. The Balaban J connectivity index is 3.01. The van der Waals surface area contributed by atoms with E-state index in [1.165, 1.54) is 7.11 Å². The van der Waals surface area contributed by atoms with Crippen LogP contribution in [0.15, 0.2) is 12.1 Å². The van der Waals surface area contributed by atoms with Crippen molar-refractivity contribution in [2.24, 2.45) is 0 Å². The highest BCUT2D eigenvalue weighted by Crippen LogP contribution is 2.26. The zero-order chi connectivity index (χ0) is 15.3. The van der Waals surface area contributed by atoms with Crippen LogP contribution in [0.4, 0.5) is 15.8 Å². The van der Waals surface area contributed by atoms with E-state index in [2.05, 4.69) is 10.1 Å². The summed E-state index contributed by atoms with van der Waals surface area (Å²) < 4.78 is 18.3. The first-order valence-corrected chi connectivity index (χ1v) is 5.49. The number of carboxylic acids is 1. The molecule has 20 heavy (non-hydrogen) atoms. The van der Waals surface area contributed by atoms with Gasteiger partial charge in [0.05, 0.1) is 29.4 Å². The molecule has 0 heterocycles. The summed E-state index contributed by atoms with van der Waals surface area (Å²) in [6, 6.07) is 1.34. The average molecular weight is 288 g/mol. The number of nitro groups is 1. The van der Waals surface area contributed by atoms with Crippen molar-refractivity contribution in [1.29, 1.82) is 0 Å². The summed E-state index contributed by atoms with van der Waals surface area (Å²) in [7, 11) is 1.37. The number of aliphatic hydroxyl groups is 1. The van der Waals surface area contributed by atoms with Gasteiger partial charge in [-0.15, -0.1) is 0 Å². The average Bonchev–Trinajstić information content (AvgIpc) is 2.36. The standard InChI is InChI=1S/C11H13FN2O6/c1-20-5-6(15)4-13-9-2-7(11(16)17)10(14(18)19)3-8(9)12/h2-3,6,13,15H,4-5H2,1H3,(H,16,17). The van der Waals surface area contributed by atoms with E-state index in [0.29, 0.717) is 6.07 Å². The summed E-state index contributed by atoms with van der Waals surface area (Å²) in [4.78, 5) is 20.6. The first kappa shape index (κ1) is 15.8. The molecular formula is C11H13FN2O6. The molecule has 0 spiro atoms. The molecule has 1 aromatic carbocycles. The molecule has 1 atom stereocenters. The van der Waals surface area contributed by atoms with Crippen LogP contribution in [-0.2, 0) is 4.74 Å². The Kier molecular flexibility index (Phi) is 5.35. The molecule has 0 amide bonds. The van der Waals surface area contributed by atoms with Gasteiger partial charge in [0, 0.05) is 13.7 Å². The van der Waals surface area contributed by atoms with Crippen LogP contribution in [0, 0.1) is 15.9 Å². The molecule has 0 aliphatic heterocycles. The van der Waals surface area contributed by atoms with E-state index in [1.54, 1.807) is 0 Å². The predicted molar refractivity (Wildman–Crippen MR) is 66.4 cm³/mol. The molecule has 110 valence electrons. The van der Waals surface area contributed by atoms with Crippen molar-refractivity contribution in [3.8, 4) is 0 Å². The van der Waals surface area contributed by atoms with Gasteiger partial charge < -0.3 is 20.3 Å². The number of nitrogens with one attached hydrogen (secondary N) is 1. The van der Waals surface area contributed by atoms with Gasteiger partial charge in [-0.05, 0) is 6.07 Å². The van der Waals surface area contributed by atoms with Crippen molar-refractivity contribution in [3.05, 3.63) is 33.6 Å². The molecule has 0 fully saturated rings. The van der Waals surface area contributed by atoms with Crippen molar-refractivity contribution in [1.82, 2.24) is 0 Å². The number of carbonyl (C=O) groups is 1. The second kappa shape index (κ2) is 6.78. The number of nitro benzene ring substituents is 1. The lowest BCUT2D eigenvalue weighted by atomic mass is 10.1. The third-order valence-corrected chi connectivity index (χ3v) is 2.40. The summed E-state index contributed by atoms with van der Waals surface area (Å²) >= 11 is 0. The van der Waals surface area contributed by atoms with Gasteiger partial charge in [0.25, 0.3) is 5.69 Å². The number of aliphatic hydroxyl groups excluding tert-OH is 1. The quantitative estimate of drug-likeness (QED) is 0.502. The minimum absolute atomic E-state index is 0.00733. The summed E-state index contributed by atoms with van der Waals surface area (Å²) in [5, 5.41) is 31.4. The number of carboxylic acid groups (broad SMARTS) is 1. The predicted octanol–water partition coefficient (Wildman–Crippen LogP) is 0.851. The highest BCUT2D eigenvalue weighted by atomic mass is 19.1. The second-order valence-electron chi connectivity index (χ2n) is 3.90. The maximum atomic E-state index is 13.6. The van der Waals surface area contributed by atoms with Crippen molar-refractivity contribution in [2.75, 3.05) is 25.6 Å². The lowest BCUT2D eigenvalue weighted by Gasteiger charge is -2.13. The number of halogens is 1. The third kappa shape index (κ3) is 3.87. The van der Waals surface area contributed by atoms with Gasteiger partial charge in [-0.2, -0.15) is 0 Å². The Labute approximate surface area is 112 Å². The summed E-state index contributed by atoms with van der Waals surface area (Å²) in [6.45, 7) is -0.0883. The molecule has 0 saturated heterocycles. The third-order valence-electron chi connectivity index (χ3n) is 2.40. The van der Waals surface area contributed by atoms with Gasteiger partial charge >= 0.3 is 5.97 Å². The summed E-state index contributed by atoms with van der Waals surface area (Å²) in [5.41, 5.74) is -1.72. The van der Waals surface area contributed by atoms with Crippen molar-refractivity contribution < 1.29 is 29.1 Å². The van der Waals surface area contributed by atoms with Crippen LogP contribution in [0.2, 0.25) is 0 Å². The Morgan fingerprint density at radius 2 is 2.25 bits per heavy atom. The molecule has 9 heteroatoms. The Bertz CT molecular complexity index is 522. The number of benzene rings is 1. The topological polar surface area (TPSA) is 122 Å². The molecule has 0 bridgehead atoms. The number of methoxy groups -OCH3 is 1. The molecule has 1 unspecified atom stereocenters. The fourth-order valence-corrected chi connectivity index (χ4v) is 1.50. The molecule has 0 radical (unpaired) electrons. The zero-order valence-corrected chi connectivity index (χ0v) is 10.5. The monoisotopic (exact) mass is 288 g/mol.